The Labute approximate surface area is 116 Å². The van der Waals surface area contributed by atoms with E-state index in [0.29, 0.717) is 6.61 Å². The maximum atomic E-state index is 10.1. The van der Waals surface area contributed by atoms with Crippen LogP contribution in [0.3, 0.4) is 0 Å². The van der Waals surface area contributed by atoms with E-state index in [4.69, 9.17) is 9.47 Å². The standard InChI is InChI=1S/C16H26O3/c1-6-19-13-9-7-12(11-14(13)18-5)8-10-15(17)16(2,3)4/h7,9,11,15,17H,6,8,10H2,1-5H3. The highest BCUT2D eigenvalue weighted by molar-refractivity contribution is 5.43. The Bertz CT molecular complexity index is 393. The third-order valence-corrected chi connectivity index (χ3v) is 3.23. The zero-order valence-electron chi connectivity index (χ0n) is 12.7. The second kappa shape index (κ2) is 6.80. The van der Waals surface area contributed by atoms with E-state index in [1.54, 1.807) is 7.11 Å². The molecule has 0 fully saturated rings. The Morgan fingerprint density at radius 3 is 2.42 bits per heavy atom. The summed E-state index contributed by atoms with van der Waals surface area (Å²) in [6, 6.07) is 5.95. The first-order chi connectivity index (χ1) is 8.88. The van der Waals surface area contributed by atoms with Crippen molar-refractivity contribution in [1.82, 2.24) is 0 Å². The van der Waals surface area contributed by atoms with Gasteiger partial charge in [0, 0.05) is 0 Å². The van der Waals surface area contributed by atoms with E-state index in [2.05, 4.69) is 20.8 Å². The first kappa shape index (κ1) is 15.8. The fourth-order valence-corrected chi connectivity index (χ4v) is 1.88. The van der Waals surface area contributed by atoms with Gasteiger partial charge in [0.05, 0.1) is 19.8 Å². The largest absolute Gasteiger partial charge is 0.493 e. The molecule has 3 nitrogen and oxygen atoms in total. The number of aryl methyl sites for hydroxylation is 1. The minimum atomic E-state index is -0.301. The van der Waals surface area contributed by atoms with Gasteiger partial charge < -0.3 is 14.6 Å². The van der Waals surface area contributed by atoms with Gasteiger partial charge in [0.1, 0.15) is 0 Å². The highest BCUT2D eigenvalue weighted by atomic mass is 16.5. The molecular weight excluding hydrogens is 240 g/mol. The van der Waals surface area contributed by atoms with Crippen molar-refractivity contribution >= 4 is 0 Å². The first-order valence-electron chi connectivity index (χ1n) is 6.86. The minimum absolute atomic E-state index is 0.0741. The quantitative estimate of drug-likeness (QED) is 0.857. The van der Waals surface area contributed by atoms with Crippen LogP contribution in [0.4, 0.5) is 0 Å². The van der Waals surface area contributed by atoms with E-state index in [1.165, 1.54) is 0 Å². The molecule has 0 saturated heterocycles. The van der Waals surface area contributed by atoms with E-state index in [1.807, 2.05) is 25.1 Å². The van der Waals surface area contributed by atoms with Gasteiger partial charge in [0.25, 0.3) is 0 Å². The van der Waals surface area contributed by atoms with Crippen LogP contribution in [0, 0.1) is 5.41 Å². The van der Waals surface area contributed by atoms with Crippen LogP contribution in [-0.4, -0.2) is 24.9 Å². The number of aliphatic hydroxyl groups excluding tert-OH is 1. The molecule has 1 rings (SSSR count). The molecule has 19 heavy (non-hydrogen) atoms. The Morgan fingerprint density at radius 1 is 1.21 bits per heavy atom. The van der Waals surface area contributed by atoms with E-state index in [9.17, 15) is 5.11 Å². The number of rotatable bonds is 6. The number of hydrogen-bond acceptors (Lipinski definition) is 3. The average molecular weight is 266 g/mol. The fourth-order valence-electron chi connectivity index (χ4n) is 1.88. The maximum Gasteiger partial charge on any atom is 0.161 e. The molecule has 0 aliphatic carbocycles. The second-order valence-electron chi connectivity index (χ2n) is 5.84. The summed E-state index contributed by atoms with van der Waals surface area (Å²) in [7, 11) is 1.64. The van der Waals surface area contributed by atoms with Gasteiger partial charge in [0.15, 0.2) is 11.5 Å². The molecular formula is C16H26O3. The van der Waals surface area contributed by atoms with Gasteiger partial charge in [-0.25, -0.2) is 0 Å². The molecule has 3 heteroatoms. The fraction of sp³-hybridized carbons (Fsp3) is 0.625. The van der Waals surface area contributed by atoms with Crippen molar-refractivity contribution in [2.75, 3.05) is 13.7 Å². The Morgan fingerprint density at radius 2 is 1.89 bits per heavy atom. The van der Waals surface area contributed by atoms with E-state index in [0.717, 1.165) is 29.9 Å². The smallest absolute Gasteiger partial charge is 0.161 e. The predicted molar refractivity (Wildman–Crippen MR) is 77.9 cm³/mol. The highest BCUT2D eigenvalue weighted by Gasteiger charge is 2.21. The second-order valence-corrected chi connectivity index (χ2v) is 5.84. The van der Waals surface area contributed by atoms with Gasteiger partial charge in [-0.3, -0.25) is 0 Å². The molecule has 0 radical (unpaired) electrons. The van der Waals surface area contributed by atoms with Crippen molar-refractivity contribution < 1.29 is 14.6 Å². The van der Waals surface area contributed by atoms with Gasteiger partial charge in [-0.15, -0.1) is 0 Å². The summed E-state index contributed by atoms with van der Waals surface area (Å²) in [5.41, 5.74) is 1.08. The van der Waals surface area contributed by atoms with E-state index < -0.39 is 0 Å². The van der Waals surface area contributed by atoms with Gasteiger partial charge in [0.2, 0.25) is 0 Å². The molecule has 1 unspecified atom stereocenters. The first-order valence-corrected chi connectivity index (χ1v) is 6.86. The molecule has 0 aromatic heterocycles. The summed E-state index contributed by atoms with van der Waals surface area (Å²) in [6.07, 6.45) is 1.28. The predicted octanol–water partition coefficient (Wildman–Crippen LogP) is 3.43. The monoisotopic (exact) mass is 266 g/mol. The van der Waals surface area contributed by atoms with Gasteiger partial charge in [-0.1, -0.05) is 26.8 Å². The zero-order chi connectivity index (χ0) is 14.5. The number of aliphatic hydroxyl groups is 1. The maximum absolute atomic E-state index is 10.1. The van der Waals surface area contributed by atoms with Crippen LogP contribution < -0.4 is 9.47 Å². The topological polar surface area (TPSA) is 38.7 Å². The SMILES string of the molecule is CCOc1ccc(CCC(O)C(C)(C)C)cc1OC. The molecule has 0 saturated carbocycles. The van der Waals surface area contributed by atoms with Crippen molar-refractivity contribution in [3.8, 4) is 11.5 Å². The lowest BCUT2D eigenvalue weighted by atomic mass is 9.86. The Balaban J connectivity index is 2.70. The highest BCUT2D eigenvalue weighted by Crippen LogP contribution is 2.29. The number of benzene rings is 1. The van der Waals surface area contributed by atoms with Crippen molar-refractivity contribution in [3.63, 3.8) is 0 Å². The number of methoxy groups -OCH3 is 1. The minimum Gasteiger partial charge on any atom is -0.493 e. The summed E-state index contributed by atoms with van der Waals surface area (Å²) in [5.74, 6) is 1.52. The summed E-state index contributed by atoms with van der Waals surface area (Å²) in [4.78, 5) is 0. The van der Waals surface area contributed by atoms with Crippen LogP contribution in [0.15, 0.2) is 18.2 Å². The van der Waals surface area contributed by atoms with Crippen molar-refractivity contribution in [2.24, 2.45) is 5.41 Å². The van der Waals surface area contributed by atoms with Crippen LogP contribution in [0.25, 0.3) is 0 Å². The third kappa shape index (κ3) is 4.75. The van der Waals surface area contributed by atoms with Crippen LogP contribution in [-0.2, 0) is 6.42 Å². The molecule has 1 atom stereocenters. The number of hydrogen-bond donors (Lipinski definition) is 1. The molecule has 0 aliphatic heterocycles. The van der Waals surface area contributed by atoms with Gasteiger partial charge in [-0.05, 0) is 42.9 Å². The van der Waals surface area contributed by atoms with Crippen LogP contribution in [0.1, 0.15) is 39.7 Å². The lowest BCUT2D eigenvalue weighted by Gasteiger charge is -2.25. The molecule has 0 aliphatic rings. The lowest BCUT2D eigenvalue weighted by molar-refractivity contribution is 0.0560. The van der Waals surface area contributed by atoms with Crippen LogP contribution >= 0.6 is 0 Å². The lowest BCUT2D eigenvalue weighted by Crippen LogP contribution is -2.26. The van der Waals surface area contributed by atoms with Gasteiger partial charge >= 0.3 is 0 Å². The molecule has 0 amide bonds. The summed E-state index contributed by atoms with van der Waals surface area (Å²) >= 11 is 0. The number of ether oxygens (including phenoxy) is 2. The van der Waals surface area contributed by atoms with E-state index >= 15 is 0 Å². The molecule has 0 heterocycles. The van der Waals surface area contributed by atoms with Crippen molar-refractivity contribution in [3.05, 3.63) is 23.8 Å². The van der Waals surface area contributed by atoms with Crippen molar-refractivity contribution in [1.29, 1.82) is 0 Å². The normalized spacial score (nSPS) is 13.2. The molecule has 0 bridgehead atoms. The Kier molecular flexibility index (Phi) is 5.67. The van der Waals surface area contributed by atoms with E-state index in [-0.39, 0.29) is 11.5 Å². The molecule has 0 spiro atoms. The van der Waals surface area contributed by atoms with Crippen molar-refractivity contribution in [2.45, 2.75) is 46.6 Å². The summed E-state index contributed by atoms with van der Waals surface area (Å²) in [5, 5.41) is 10.1. The Hall–Kier alpha value is -1.22. The van der Waals surface area contributed by atoms with Gasteiger partial charge in [-0.2, -0.15) is 0 Å². The summed E-state index contributed by atoms with van der Waals surface area (Å²) in [6.45, 7) is 8.73. The average Bonchev–Trinajstić information content (AvgIpc) is 2.36. The third-order valence-electron chi connectivity index (χ3n) is 3.23. The zero-order valence-corrected chi connectivity index (χ0v) is 12.7. The molecule has 1 aromatic carbocycles. The molecule has 1 N–H and O–H groups in total. The van der Waals surface area contributed by atoms with Crippen LogP contribution in [0.2, 0.25) is 0 Å². The molecule has 1 aromatic rings. The summed E-state index contributed by atoms with van der Waals surface area (Å²) < 4.78 is 10.8. The molecule has 108 valence electrons. The van der Waals surface area contributed by atoms with Crippen LogP contribution in [0.5, 0.6) is 11.5 Å².